The van der Waals surface area contributed by atoms with Gasteiger partial charge in [0.1, 0.15) is 10.8 Å². The molecule has 23 heavy (non-hydrogen) atoms. The van der Waals surface area contributed by atoms with Crippen LogP contribution < -0.4 is 5.32 Å². The Morgan fingerprint density at radius 3 is 2.87 bits per heavy atom. The molecule has 0 aliphatic carbocycles. The number of ether oxygens (including phenoxy) is 1. The molecule has 0 bridgehead atoms. The first-order valence-electron chi connectivity index (χ1n) is 9.19. The van der Waals surface area contributed by atoms with Gasteiger partial charge in [0.05, 0.1) is 12.6 Å². The first-order valence-corrected chi connectivity index (χ1v) is 9.97. The van der Waals surface area contributed by atoms with Crippen LogP contribution >= 0.6 is 11.5 Å². The average Bonchev–Trinajstić information content (AvgIpc) is 3.05. The Balaban J connectivity index is 1.30. The molecule has 2 saturated heterocycles. The van der Waals surface area contributed by atoms with Gasteiger partial charge >= 0.3 is 0 Å². The van der Waals surface area contributed by atoms with Crippen LogP contribution in [-0.4, -0.2) is 53.1 Å². The molecule has 5 nitrogen and oxygen atoms in total. The molecule has 2 fully saturated rings. The minimum Gasteiger partial charge on any atom is -0.378 e. The predicted octanol–water partition coefficient (Wildman–Crippen LogP) is 2.47. The average molecular weight is 339 g/mol. The SMILES string of the molecule is CCc1nsc(CN2CCC(OCCC3CCCNC3)CC2)n1. The molecular weight excluding hydrogens is 308 g/mol. The van der Waals surface area contributed by atoms with Gasteiger partial charge in [-0.1, -0.05) is 6.92 Å². The Labute approximate surface area is 144 Å². The van der Waals surface area contributed by atoms with Crippen molar-refractivity contribution in [2.24, 2.45) is 5.92 Å². The van der Waals surface area contributed by atoms with Gasteiger partial charge in [0.15, 0.2) is 0 Å². The highest BCUT2D eigenvalue weighted by Crippen LogP contribution is 2.19. The lowest BCUT2D eigenvalue weighted by atomic mass is 9.97. The molecule has 3 rings (SSSR count). The second kappa shape index (κ2) is 9.06. The van der Waals surface area contributed by atoms with Crippen LogP contribution in [0, 0.1) is 5.92 Å². The zero-order valence-electron chi connectivity index (χ0n) is 14.3. The standard InChI is InChI=1S/C17H30N4OS/c1-2-16-19-17(23-20-16)13-21-9-5-15(6-10-21)22-11-7-14-4-3-8-18-12-14/h14-15,18H,2-13H2,1H3. The number of aryl methyl sites for hydroxylation is 1. The Morgan fingerprint density at radius 1 is 1.30 bits per heavy atom. The fourth-order valence-electron chi connectivity index (χ4n) is 3.50. The fourth-order valence-corrected chi connectivity index (χ4v) is 4.26. The van der Waals surface area contributed by atoms with Gasteiger partial charge in [-0.25, -0.2) is 4.98 Å². The molecule has 130 valence electrons. The van der Waals surface area contributed by atoms with Gasteiger partial charge in [-0.15, -0.1) is 0 Å². The van der Waals surface area contributed by atoms with Crippen LogP contribution in [0.4, 0.5) is 0 Å². The van der Waals surface area contributed by atoms with E-state index in [2.05, 4.69) is 26.5 Å². The smallest absolute Gasteiger partial charge is 0.142 e. The van der Waals surface area contributed by atoms with Crippen LogP contribution in [0.15, 0.2) is 0 Å². The number of nitrogens with one attached hydrogen (secondary N) is 1. The van der Waals surface area contributed by atoms with E-state index in [1.807, 2.05) is 0 Å². The summed E-state index contributed by atoms with van der Waals surface area (Å²) in [5.74, 6) is 1.81. The maximum absolute atomic E-state index is 6.13. The van der Waals surface area contributed by atoms with Crippen LogP contribution in [0.1, 0.15) is 49.9 Å². The van der Waals surface area contributed by atoms with Crippen molar-refractivity contribution in [2.75, 3.05) is 32.8 Å². The summed E-state index contributed by atoms with van der Waals surface area (Å²) in [5, 5.41) is 4.64. The highest BCUT2D eigenvalue weighted by molar-refractivity contribution is 7.05. The normalized spacial score (nSPS) is 24.1. The number of nitrogens with zero attached hydrogens (tertiary/aromatic N) is 3. The van der Waals surface area contributed by atoms with E-state index in [1.165, 1.54) is 32.4 Å². The van der Waals surface area contributed by atoms with Gasteiger partial charge in [-0.2, -0.15) is 4.37 Å². The molecule has 6 heteroatoms. The first-order chi connectivity index (χ1) is 11.3. The van der Waals surface area contributed by atoms with Gasteiger partial charge in [0.25, 0.3) is 0 Å². The van der Waals surface area contributed by atoms with E-state index in [4.69, 9.17) is 4.74 Å². The van der Waals surface area contributed by atoms with E-state index in [-0.39, 0.29) is 0 Å². The Hall–Kier alpha value is -0.560. The summed E-state index contributed by atoms with van der Waals surface area (Å²) in [6.07, 6.45) is 7.62. The number of rotatable bonds is 7. The Bertz CT molecular complexity index is 453. The molecule has 1 atom stereocenters. The Kier molecular flexibility index (Phi) is 6.80. The maximum Gasteiger partial charge on any atom is 0.142 e. The highest BCUT2D eigenvalue weighted by atomic mass is 32.1. The molecule has 1 aromatic rings. The van der Waals surface area contributed by atoms with Crippen LogP contribution in [0.2, 0.25) is 0 Å². The van der Waals surface area contributed by atoms with Crippen molar-refractivity contribution in [3.8, 4) is 0 Å². The summed E-state index contributed by atoms with van der Waals surface area (Å²) in [7, 11) is 0. The predicted molar refractivity (Wildman–Crippen MR) is 93.7 cm³/mol. The quantitative estimate of drug-likeness (QED) is 0.828. The number of hydrogen-bond donors (Lipinski definition) is 1. The van der Waals surface area contributed by atoms with Crippen molar-refractivity contribution in [1.82, 2.24) is 19.6 Å². The van der Waals surface area contributed by atoms with Crippen molar-refractivity contribution in [2.45, 2.75) is 58.1 Å². The van der Waals surface area contributed by atoms with Crippen molar-refractivity contribution < 1.29 is 4.74 Å². The van der Waals surface area contributed by atoms with Crippen molar-refractivity contribution in [1.29, 1.82) is 0 Å². The zero-order chi connectivity index (χ0) is 15.9. The number of likely N-dealkylation sites (tertiary alicyclic amines) is 1. The summed E-state index contributed by atoms with van der Waals surface area (Å²) in [4.78, 5) is 7.06. The molecule has 0 spiro atoms. The fraction of sp³-hybridized carbons (Fsp3) is 0.882. The minimum absolute atomic E-state index is 0.462. The van der Waals surface area contributed by atoms with Crippen molar-refractivity contribution >= 4 is 11.5 Å². The molecule has 0 aromatic carbocycles. The molecule has 2 aliphatic rings. The largest absolute Gasteiger partial charge is 0.378 e. The maximum atomic E-state index is 6.13. The second-order valence-corrected chi connectivity index (χ2v) is 7.64. The molecule has 3 heterocycles. The van der Waals surface area contributed by atoms with E-state index in [0.717, 1.165) is 62.3 Å². The van der Waals surface area contributed by atoms with Gasteiger partial charge in [-0.05, 0) is 62.6 Å². The molecule has 0 amide bonds. The second-order valence-electron chi connectivity index (χ2n) is 6.81. The van der Waals surface area contributed by atoms with Crippen LogP contribution in [0.5, 0.6) is 0 Å². The summed E-state index contributed by atoms with van der Waals surface area (Å²) in [6.45, 7) is 8.63. The lowest BCUT2D eigenvalue weighted by Crippen LogP contribution is -2.37. The topological polar surface area (TPSA) is 50.3 Å². The van der Waals surface area contributed by atoms with E-state index < -0.39 is 0 Å². The molecule has 1 N–H and O–H groups in total. The zero-order valence-corrected chi connectivity index (χ0v) is 15.1. The summed E-state index contributed by atoms with van der Waals surface area (Å²) in [6, 6.07) is 0. The summed E-state index contributed by atoms with van der Waals surface area (Å²) >= 11 is 1.56. The molecule has 0 saturated carbocycles. The van der Waals surface area contributed by atoms with E-state index in [9.17, 15) is 0 Å². The van der Waals surface area contributed by atoms with E-state index in [1.54, 1.807) is 11.5 Å². The summed E-state index contributed by atoms with van der Waals surface area (Å²) < 4.78 is 10.5. The molecule has 2 aliphatic heterocycles. The van der Waals surface area contributed by atoms with Crippen LogP contribution in [0.25, 0.3) is 0 Å². The molecular formula is C17H30N4OS. The highest BCUT2D eigenvalue weighted by Gasteiger charge is 2.21. The number of piperidine rings is 2. The third-order valence-electron chi connectivity index (χ3n) is 5.00. The van der Waals surface area contributed by atoms with Crippen molar-refractivity contribution in [3.63, 3.8) is 0 Å². The molecule has 1 aromatic heterocycles. The van der Waals surface area contributed by atoms with E-state index in [0.29, 0.717) is 6.10 Å². The van der Waals surface area contributed by atoms with Crippen molar-refractivity contribution in [3.05, 3.63) is 10.8 Å². The van der Waals surface area contributed by atoms with E-state index >= 15 is 0 Å². The van der Waals surface area contributed by atoms with Gasteiger partial charge in [0, 0.05) is 26.1 Å². The Morgan fingerprint density at radius 2 is 2.17 bits per heavy atom. The molecule has 1 unspecified atom stereocenters. The third kappa shape index (κ3) is 5.48. The monoisotopic (exact) mass is 338 g/mol. The van der Waals surface area contributed by atoms with Gasteiger partial charge in [-0.3, -0.25) is 4.90 Å². The minimum atomic E-state index is 0.462. The van der Waals surface area contributed by atoms with Crippen LogP contribution in [0.3, 0.4) is 0 Å². The van der Waals surface area contributed by atoms with Gasteiger partial charge in [0.2, 0.25) is 0 Å². The van der Waals surface area contributed by atoms with Crippen LogP contribution in [-0.2, 0) is 17.7 Å². The third-order valence-corrected chi connectivity index (χ3v) is 5.73. The molecule has 0 radical (unpaired) electrons. The number of hydrogen-bond acceptors (Lipinski definition) is 6. The first kappa shape index (κ1) is 17.3. The van der Waals surface area contributed by atoms with Gasteiger partial charge < -0.3 is 10.1 Å². The lowest BCUT2D eigenvalue weighted by molar-refractivity contribution is -0.000511. The number of aromatic nitrogens is 2. The lowest BCUT2D eigenvalue weighted by Gasteiger charge is -2.31. The summed E-state index contributed by atoms with van der Waals surface area (Å²) in [5.41, 5.74) is 0.